The van der Waals surface area contributed by atoms with Crippen LogP contribution in [0.2, 0.25) is 0 Å². The van der Waals surface area contributed by atoms with Crippen LogP contribution in [0.15, 0.2) is 21.1 Å². The molecule has 0 atom stereocenters. The summed E-state index contributed by atoms with van der Waals surface area (Å²) < 4.78 is 29.5. The maximum absolute atomic E-state index is 14.3. The van der Waals surface area contributed by atoms with E-state index in [0.29, 0.717) is 4.47 Å². The predicted molar refractivity (Wildman–Crippen MR) is 62.7 cm³/mol. The van der Waals surface area contributed by atoms with Crippen molar-refractivity contribution in [1.82, 2.24) is 5.16 Å². The van der Waals surface area contributed by atoms with E-state index in [9.17, 15) is 9.18 Å². The summed E-state index contributed by atoms with van der Waals surface area (Å²) in [6, 6.07) is 2.65. The largest absolute Gasteiger partial charge is 0.476 e. The van der Waals surface area contributed by atoms with Crippen molar-refractivity contribution in [3.63, 3.8) is 0 Å². The fraction of sp³-hybridized carbons (Fsp3) is 0.0909. The second-order valence-corrected chi connectivity index (χ2v) is 4.52. The molecule has 6 nitrogen and oxygen atoms in total. The van der Waals surface area contributed by atoms with Gasteiger partial charge < -0.3 is 19.1 Å². The number of carboxylic acid groups (broad SMARTS) is 1. The van der Waals surface area contributed by atoms with Crippen molar-refractivity contribution < 1.29 is 28.3 Å². The van der Waals surface area contributed by atoms with Gasteiger partial charge in [0.25, 0.3) is 0 Å². The molecule has 0 saturated heterocycles. The van der Waals surface area contributed by atoms with Gasteiger partial charge in [0.05, 0.1) is 5.56 Å². The summed E-state index contributed by atoms with van der Waals surface area (Å²) in [5.41, 5.74) is -0.275. The van der Waals surface area contributed by atoms with Gasteiger partial charge in [-0.25, -0.2) is 9.18 Å². The lowest BCUT2D eigenvalue weighted by atomic mass is 10.1. The number of rotatable bonds is 2. The molecule has 0 fully saturated rings. The highest BCUT2D eigenvalue weighted by Gasteiger charge is 2.27. The first kappa shape index (κ1) is 12.0. The first-order valence-corrected chi connectivity index (χ1v) is 5.85. The SMILES string of the molecule is O=C(O)c1cc(-c2c(Br)cc3c(c2F)OCO3)on1. The van der Waals surface area contributed by atoms with Crippen LogP contribution in [-0.2, 0) is 0 Å². The average molecular weight is 330 g/mol. The van der Waals surface area contributed by atoms with Crippen molar-refractivity contribution in [2.45, 2.75) is 0 Å². The molecule has 1 aliphatic rings. The minimum absolute atomic E-state index is 0.0138. The van der Waals surface area contributed by atoms with Crippen LogP contribution >= 0.6 is 15.9 Å². The summed E-state index contributed by atoms with van der Waals surface area (Å²) in [5.74, 6) is -1.74. The number of hydrogen-bond acceptors (Lipinski definition) is 5. The molecular weight excluding hydrogens is 325 g/mol. The molecule has 1 aliphatic heterocycles. The van der Waals surface area contributed by atoms with Gasteiger partial charge in [-0.2, -0.15) is 0 Å². The Bertz CT molecular complexity index is 684. The van der Waals surface area contributed by atoms with Crippen molar-refractivity contribution in [1.29, 1.82) is 0 Å². The minimum Gasteiger partial charge on any atom is -0.476 e. The average Bonchev–Trinajstić information content (AvgIpc) is 2.97. The zero-order chi connectivity index (χ0) is 13.6. The zero-order valence-corrected chi connectivity index (χ0v) is 10.7. The fourth-order valence-corrected chi connectivity index (χ4v) is 2.27. The number of hydrogen-bond donors (Lipinski definition) is 1. The Morgan fingerprint density at radius 2 is 2.21 bits per heavy atom. The van der Waals surface area contributed by atoms with Gasteiger partial charge in [0.1, 0.15) is 0 Å². The van der Waals surface area contributed by atoms with E-state index in [-0.39, 0.29) is 35.3 Å². The molecule has 98 valence electrons. The van der Waals surface area contributed by atoms with Gasteiger partial charge >= 0.3 is 5.97 Å². The molecule has 0 radical (unpaired) electrons. The fourth-order valence-electron chi connectivity index (χ4n) is 1.69. The number of nitrogens with zero attached hydrogens (tertiary/aromatic N) is 1. The highest BCUT2D eigenvalue weighted by Crippen LogP contribution is 2.44. The molecule has 2 aromatic rings. The molecule has 19 heavy (non-hydrogen) atoms. The molecule has 0 aliphatic carbocycles. The summed E-state index contributed by atoms with van der Waals surface area (Å²) in [6.45, 7) is -0.0705. The predicted octanol–water partition coefficient (Wildman–Crippen LogP) is 2.67. The summed E-state index contributed by atoms with van der Waals surface area (Å²) in [7, 11) is 0. The van der Waals surface area contributed by atoms with E-state index in [1.165, 1.54) is 6.07 Å². The second-order valence-electron chi connectivity index (χ2n) is 3.66. The van der Waals surface area contributed by atoms with Gasteiger partial charge in [-0.3, -0.25) is 0 Å². The molecule has 1 aromatic heterocycles. The molecule has 1 aromatic carbocycles. The van der Waals surface area contributed by atoms with Crippen LogP contribution in [0.5, 0.6) is 11.5 Å². The Balaban J connectivity index is 2.16. The molecule has 3 rings (SSSR count). The monoisotopic (exact) mass is 329 g/mol. The number of benzene rings is 1. The Morgan fingerprint density at radius 1 is 1.42 bits per heavy atom. The Hall–Kier alpha value is -2.09. The maximum atomic E-state index is 14.3. The Morgan fingerprint density at radius 3 is 2.89 bits per heavy atom. The van der Waals surface area contributed by atoms with Crippen LogP contribution in [0.25, 0.3) is 11.3 Å². The van der Waals surface area contributed by atoms with Gasteiger partial charge in [-0.05, 0) is 22.0 Å². The zero-order valence-electron chi connectivity index (χ0n) is 9.15. The Kier molecular flexibility index (Phi) is 2.67. The van der Waals surface area contributed by atoms with Crippen LogP contribution in [0.1, 0.15) is 10.5 Å². The van der Waals surface area contributed by atoms with E-state index in [4.69, 9.17) is 19.1 Å². The van der Waals surface area contributed by atoms with Gasteiger partial charge in [0.15, 0.2) is 23.0 Å². The molecule has 0 spiro atoms. The number of halogens is 2. The van der Waals surface area contributed by atoms with E-state index in [0.717, 1.165) is 6.07 Å². The van der Waals surface area contributed by atoms with Crippen LogP contribution in [0, 0.1) is 5.82 Å². The first-order chi connectivity index (χ1) is 9.08. The minimum atomic E-state index is -1.26. The standard InChI is InChI=1S/C11H5BrFNO5/c12-4-1-7-10(18-3-17-7)9(13)8(4)6-2-5(11(15)16)14-19-6/h1-2H,3H2,(H,15,16). The van der Waals surface area contributed by atoms with Crippen molar-refractivity contribution in [3.05, 3.63) is 28.1 Å². The summed E-state index contributed by atoms with van der Waals surface area (Å²) in [5, 5.41) is 12.1. The van der Waals surface area contributed by atoms with Crippen molar-refractivity contribution in [2.24, 2.45) is 0 Å². The maximum Gasteiger partial charge on any atom is 0.358 e. The lowest BCUT2D eigenvalue weighted by Gasteiger charge is -2.05. The van der Waals surface area contributed by atoms with Crippen LogP contribution in [-0.4, -0.2) is 23.0 Å². The van der Waals surface area contributed by atoms with Crippen molar-refractivity contribution >= 4 is 21.9 Å². The number of aromatic nitrogens is 1. The number of carbonyl (C=O) groups is 1. The van der Waals surface area contributed by atoms with Gasteiger partial charge in [0.2, 0.25) is 12.5 Å². The van der Waals surface area contributed by atoms with Gasteiger partial charge in [0, 0.05) is 10.5 Å². The number of aromatic carboxylic acids is 1. The lowest BCUT2D eigenvalue weighted by Crippen LogP contribution is -1.95. The van der Waals surface area contributed by atoms with Gasteiger partial charge in [-0.15, -0.1) is 0 Å². The number of fused-ring (bicyclic) bond motifs is 1. The number of carboxylic acids is 1. The van der Waals surface area contributed by atoms with Crippen LogP contribution < -0.4 is 9.47 Å². The highest BCUT2D eigenvalue weighted by atomic mass is 79.9. The topological polar surface area (TPSA) is 81.8 Å². The van der Waals surface area contributed by atoms with Crippen LogP contribution in [0.4, 0.5) is 4.39 Å². The summed E-state index contributed by atoms with van der Waals surface area (Å²) in [6.07, 6.45) is 0. The normalized spacial score (nSPS) is 12.7. The third-order valence-electron chi connectivity index (χ3n) is 2.53. The third kappa shape index (κ3) is 1.84. The van der Waals surface area contributed by atoms with Gasteiger partial charge in [-0.1, -0.05) is 5.16 Å². The van der Waals surface area contributed by atoms with E-state index in [1.54, 1.807) is 0 Å². The van der Waals surface area contributed by atoms with E-state index < -0.39 is 11.8 Å². The highest BCUT2D eigenvalue weighted by molar-refractivity contribution is 9.10. The molecule has 0 saturated carbocycles. The van der Waals surface area contributed by atoms with E-state index in [2.05, 4.69) is 21.1 Å². The molecule has 8 heteroatoms. The molecule has 0 amide bonds. The molecular formula is C11H5BrFNO5. The van der Waals surface area contributed by atoms with Crippen molar-refractivity contribution in [3.8, 4) is 22.8 Å². The number of ether oxygens (including phenoxy) is 2. The van der Waals surface area contributed by atoms with Crippen LogP contribution in [0.3, 0.4) is 0 Å². The van der Waals surface area contributed by atoms with E-state index >= 15 is 0 Å². The smallest absolute Gasteiger partial charge is 0.358 e. The molecule has 2 heterocycles. The van der Waals surface area contributed by atoms with Crippen molar-refractivity contribution in [2.75, 3.05) is 6.79 Å². The summed E-state index contributed by atoms with van der Waals surface area (Å²) in [4.78, 5) is 10.7. The Labute approximate surface area is 113 Å². The summed E-state index contributed by atoms with van der Waals surface area (Å²) >= 11 is 3.17. The quantitative estimate of drug-likeness (QED) is 0.912. The molecule has 0 bridgehead atoms. The molecule has 1 N–H and O–H groups in total. The third-order valence-corrected chi connectivity index (χ3v) is 3.16. The lowest BCUT2D eigenvalue weighted by molar-refractivity contribution is 0.0686. The second kappa shape index (κ2) is 4.23. The molecule has 0 unspecified atom stereocenters. The van der Waals surface area contributed by atoms with E-state index in [1.807, 2.05) is 0 Å². The first-order valence-electron chi connectivity index (χ1n) is 5.06.